The predicted octanol–water partition coefficient (Wildman–Crippen LogP) is -0.246. The maximum atomic E-state index is 5.79. The molecule has 2 aliphatic rings. The number of nitrogens with zero attached hydrogens (tertiary/aromatic N) is 2. The molecule has 3 N–H and O–H groups in total. The van der Waals surface area contributed by atoms with Crippen LogP contribution in [-0.4, -0.2) is 31.3 Å². The van der Waals surface area contributed by atoms with Gasteiger partial charge >= 0.3 is 0 Å². The van der Waals surface area contributed by atoms with Crippen LogP contribution in [0.3, 0.4) is 0 Å². The minimum absolute atomic E-state index is 0.373. The predicted molar refractivity (Wildman–Crippen MR) is 49.5 cm³/mol. The first-order valence-corrected chi connectivity index (χ1v) is 4.43. The van der Waals surface area contributed by atoms with E-state index in [4.69, 9.17) is 5.73 Å². The molecule has 0 aromatic carbocycles. The first-order valence-electron chi connectivity index (χ1n) is 4.43. The zero-order valence-corrected chi connectivity index (χ0v) is 7.03. The molecule has 2 rings (SSSR count). The van der Waals surface area contributed by atoms with Crippen LogP contribution in [-0.2, 0) is 0 Å². The van der Waals surface area contributed by atoms with E-state index in [0.717, 1.165) is 31.8 Å². The molecule has 0 aliphatic carbocycles. The van der Waals surface area contributed by atoms with Crippen molar-refractivity contribution in [1.82, 2.24) is 5.32 Å². The van der Waals surface area contributed by atoms with Gasteiger partial charge in [0.2, 0.25) is 0 Å². The Morgan fingerprint density at radius 1 is 1.42 bits per heavy atom. The van der Waals surface area contributed by atoms with Gasteiger partial charge in [-0.3, -0.25) is 4.99 Å². The topological polar surface area (TPSA) is 62.8 Å². The molecule has 0 amide bonds. The number of nitrogens with two attached hydrogens (primary N) is 1. The number of hydrogen-bond donors (Lipinski definition) is 2. The second-order valence-electron chi connectivity index (χ2n) is 3.32. The molecule has 2 aliphatic heterocycles. The second kappa shape index (κ2) is 3.23. The average Bonchev–Trinajstić information content (AvgIpc) is 2.30. The lowest BCUT2D eigenvalue weighted by molar-refractivity contribution is 0.510. The Kier molecular flexibility index (Phi) is 2.08. The molecular formula is C8H14N4. The van der Waals surface area contributed by atoms with E-state index in [2.05, 4.69) is 15.3 Å². The lowest BCUT2D eigenvalue weighted by atomic mass is 9.93. The molecule has 0 spiro atoms. The van der Waals surface area contributed by atoms with Crippen LogP contribution in [0.15, 0.2) is 9.98 Å². The van der Waals surface area contributed by atoms with E-state index in [9.17, 15) is 0 Å². The first-order chi connectivity index (χ1) is 5.88. The van der Waals surface area contributed by atoms with Gasteiger partial charge in [-0.15, -0.1) is 0 Å². The summed E-state index contributed by atoms with van der Waals surface area (Å²) in [6.07, 6.45) is 3.75. The van der Waals surface area contributed by atoms with Crippen molar-refractivity contribution in [2.24, 2.45) is 21.6 Å². The number of fused-ring (bicyclic) bond motifs is 1. The van der Waals surface area contributed by atoms with E-state index in [0.29, 0.717) is 12.0 Å². The summed E-state index contributed by atoms with van der Waals surface area (Å²) >= 11 is 0. The van der Waals surface area contributed by atoms with Gasteiger partial charge in [-0.1, -0.05) is 0 Å². The van der Waals surface area contributed by atoms with Crippen LogP contribution in [0.5, 0.6) is 0 Å². The summed E-state index contributed by atoms with van der Waals surface area (Å²) in [4.78, 5) is 8.36. The van der Waals surface area contributed by atoms with Crippen molar-refractivity contribution >= 4 is 12.2 Å². The first kappa shape index (κ1) is 7.73. The van der Waals surface area contributed by atoms with Crippen molar-refractivity contribution < 1.29 is 0 Å². The van der Waals surface area contributed by atoms with Crippen LogP contribution < -0.4 is 11.1 Å². The fourth-order valence-electron chi connectivity index (χ4n) is 1.83. The van der Waals surface area contributed by atoms with Crippen LogP contribution in [0, 0.1) is 5.92 Å². The highest BCUT2D eigenvalue weighted by Gasteiger charge is 2.27. The molecule has 4 nitrogen and oxygen atoms in total. The van der Waals surface area contributed by atoms with E-state index < -0.39 is 0 Å². The molecule has 1 saturated heterocycles. The van der Waals surface area contributed by atoms with Crippen LogP contribution in [0.25, 0.3) is 0 Å². The number of amidine groups is 1. The van der Waals surface area contributed by atoms with Gasteiger partial charge in [-0.05, 0) is 25.9 Å². The third-order valence-corrected chi connectivity index (χ3v) is 2.56. The van der Waals surface area contributed by atoms with Crippen molar-refractivity contribution in [2.45, 2.75) is 18.9 Å². The minimum Gasteiger partial charge on any atom is -0.387 e. The van der Waals surface area contributed by atoms with Gasteiger partial charge in [0.25, 0.3) is 0 Å². The summed E-state index contributed by atoms with van der Waals surface area (Å²) in [6, 6.07) is 0.373. The molecule has 2 heterocycles. The Morgan fingerprint density at radius 2 is 2.25 bits per heavy atom. The molecule has 2 atom stereocenters. The number of hydrogen-bond acceptors (Lipinski definition) is 4. The Morgan fingerprint density at radius 3 is 3.17 bits per heavy atom. The summed E-state index contributed by atoms with van der Waals surface area (Å²) in [5, 5.41) is 3.34. The normalized spacial score (nSPS) is 35.2. The lowest BCUT2D eigenvalue weighted by Gasteiger charge is -2.22. The fourth-order valence-corrected chi connectivity index (χ4v) is 1.83. The van der Waals surface area contributed by atoms with E-state index in [1.807, 2.05) is 0 Å². The Balaban J connectivity index is 2.14. The fraction of sp³-hybridized carbons (Fsp3) is 0.750. The maximum Gasteiger partial charge on any atom is 0.112 e. The number of rotatable bonds is 0. The Labute approximate surface area is 72.0 Å². The monoisotopic (exact) mass is 166 g/mol. The van der Waals surface area contributed by atoms with E-state index >= 15 is 0 Å². The van der Waals surface area contributed by atoms with Crippen LogP contribution >= 0.6 is 0 Å². The number of aliphatic imine (C=N–C) groups is 2. The average molecular weight is 166 g/mol. The van der Waals surface area contributed by atoms with Gasteiger partial charge in [0.1, 0.15) is 12.2 Å². The van der Waals surface area contributed by atoms with Gasteiger partial charge in [0, 0.05) is 5.92 Å². The van der Waals surface area contributed by atoms with Crippen molar-refractivity contribution in [3.05, 3.63) is 0 Å². The van der Waals surface area contributed by atoms with Gasteiger partial charge in [-0.25, -0.2) is 4.99 Å². The highest BCUT2D eigenvalue weighted by molar-refractivity contribution is 5.91. The summed E-state index contributed by atoms with van der Waals surface area (Å²) in [6.45, 7) is 2.08. The maximum absolute atomic E-state index is 5.79. The quantitative estimate of drug-likeness (QED) is 0.521. The third kappa shape index (κ3) is 1.34. The van der Waals surface area contributed by atoms with Crippen molar-refractivity contribution in [2.75, 3.05) is 13.1 Å². The summed E-state index contributed by atoms with van der Waals surface area (Å²) in [5.41, 5.74) is 5.79. The number of nitrogens with one attached hydrogen (secondary N) is 1. The molecule has 66 valence electrons. The summed E-state index contributed by atoms with van der Waals surface area (Å²) < 4.78 is 0. The van der Waals surface area contributed by atoms with Gasteiger partial charge < -0.3 is 11.1 Å². The van der Waals surface area contributed by atoms with Crippen molar-refractivity contribution in [3.63, 3.8) is 0 Å². The molecule has 4 heteroatoms. The van der Waals surface area contributed by atoms with Crippen molar-refractivity contribution in [3.8, 4) is 0 Å². The zero-order valence-electron chi connectivity index (χ0n) is 7.03. The van der Waals surface area contributed by atoms with E-state index in [1.165, 1.54) is 0 Å². The molecule has 1 fully saturated rings. The van der Waals surface area contributed by atoms with Crippen molar-refractivity contribution in [1.29, 1.82) is 0 Å². The highest BCUT2D eigenvalue weighted by atomic mass is 15.0. The largest absolute Gasteiger partial charge is 0.387 e. The van der Waals surface area contributed by atoms with Crippen LogP contribution in [0.1, 0.15) is 12.8 Å². The Hall–Kier alpha value is -0.900. The van der Waals surface area contributed by atoms with Gasteiger partial charge in [0.15, 0.2) is 0 Å². The molecule has 0 aromatic heterocycles. The molecule has 2 unspecified atom stereocenters. The molecule has 0 saturated carbocycles. The smallest absolute Gasteiger partial charge is 0.112 e. The minimum atomic E-state index is 0.373. The SMILES string of the molecule is NC1=NC=NC2CCNCCC12. The second-order valence-corrected chi connectivity index (χ2v) is 3.32. The third-order valence-electron chi connectivity index (χ3n) is 2.56. The van der Waals surface area contributed by atoms with Gasteiger partial charge in [0.05, 0.1) is 6.04 Å². The standard InChI is InChI=1S/C8H14N4/c9-8-6-1-3-10-4-2-7(6)11-5-12-8/h5-7,10H,1-4H2,(H2,9,11,12). The summed E-state index contributed by atoms with van der Waals surface area (Å²) in [5.74, 6) is 1.14. The van der Waals surface area contributed by atoms with E-state index in [-0.39, 0.29) is 0 Å². The molecule has 0 aromatic rings. The molecule has 12 heavy (non-hydrogen) atoms. The zero-order chi connectivity index (χ0) is 8.39. The summed E-state index contributed by atoms with van der Waals surface area (Å²) in [7, 11) is 0. The molecule has 0 bridgehead atoms. The highest BCUT2D eigenvalue weighted by Crippen LogP contribution is 2.19. The van der Waals surface area contributed by atoms with Crippen LogP contribution in [0.4, 0.5) is 0 Å². The molecular weight excluding hydrogens is 152 g/mol. The lowest BCUT2D eigenvalue weighted by Crippen LogP contribution is -2.35. The van der Waals surface area contributed by atoms with Crippen LogP contribution in [0.2, 0.25) is 0 Å². The Bertz CT molecular complexity index is 221. The van der Waals surface area contributed by atoms with E-state index in [1.54, 1.807) is 6.34 Å². The van der Waals surface area contributed by atoms with Gasteiger partial charge in [-0.2, -0.15) is 0 Å². The molecule has 0 radical (unpaired) electrons.